The Morgan fingerprint density at radius 1 is 1.12 bits per heavy atom. The molecule has 6 heteroatoms. The highest BCUT2D eigenvalue weighted by Gasteiger charge is 2.21. The Morgan fingerprint density at radius 2 is 1.88 bits per heavy atom. The lowest BCUT2D eigenvalue weighted by Crippen LogP contribution is -2.06. The summed E-state index contributed by atoms with van der Waals surface area (Å²) in [5.74, 6) is -1.17. The van der Waals surface area contributed by atoms with E-state index in [1.165, 1.54) is 35.5 Å². The zero-order chi connectivity index (χ0) is 17.4. The maximum absolute atomic E-state index is 13.3. The van der Waals surface area contributed by atoms with Crippen LogP contribution in [0, 0.1) is 11.6 Å². The molecular weight excluding hydrogens is 342 g/mol. The van der Waals surface area contributed by atoms with Crippen LogP contribution in [-0.4, -0.2) is 14.5 Å². The number of nitrogens with zero attached hydrogens (tertiary/aromatic N) is 2. The van der Waals surface area contributed by atoms with Crippen molar-refractivity contribution in [1.29, 1.82) is 0 Å². The minimum absolute atomic E-state index is 0.404. The van der Waals surface area contributed by atoms with Crippen LogP contribution in [0.25, 0.3) is 4.96 Å². The van der Waals surface area contributed by atoms with Gasteiger partial charge in [-0.25, -0.2) is 13.8 Å². The summed E-state index contributed by atoms with van der Waals surface area (Å²) in [6.07, 6.45) is 7.55. The van der Waals surface area contributed by atoms with Gasteiger partial charge in [0.25, 0.3) is 0 Å². The maximum atomic E-state index is 13.3. The van der Waals surface area contributed by atoms with E-state index in [2.05, 4.69) is 9.38 Å². The van der Waals surface area contributed by atoms with Crippen molar-refractivity contribution in [3.8, 4) is 0 Å². The number of hydrogen-bond acceptors (Lipinski definition) is 3. The van der Waals surface area contributed by atoms with Crippen molar-refractivity contribution in [3.63, 3.8) is 0 Å². The summed E-state index contributed by atoms with van der Waals surface area (Å²) < 4.78 is 28.7. The Hall–Kier alpha value is -1.79. The van der Waals surface area contributed by atoms with Crippen LogP contribution in [0.1, 0.15) is 53.6 Å². The van der Waals surface area contributed by atoms with E-state index in [4.69, 9.17) is 0 Å². The highest BCUT2D eigenvalue weighted by atomic mass is 32.1. The highest BCUT2D eigenvalue weighted by Crippen LogP contribution is 2.32. The molecule has 0 saturated carbocycles. The lowest BCUT2D eigenvalue weighted by molar-refractivity contribution is 0.162. The second-order valence-electron chi connectivity index (χ2n) is 6.67. The molecule has 132 valence electrons. The number of aryl methyl sites for hydroxylation is 3. The van der Waals surface area contributed by atoms with Crippen LogP contribution >= 0.6 is 11.3 Å². The molecule has 3 nitrogen and oxygen atoms in total. The minimum atomic E-state index is -0.705. The lowest BCUT2D eigenvalue weighted by Gasteiger charge is -2.12. The molecule has 2 aromatic heterocycles. The third kappa shape index (κ3) is 3.33. The molecule has 0 bridgehead atoms. The highest BCUT2D eigenvalue weighted by molar-refractivity contribution is 7.17. The van der Waals surface area contributed by atoms with Gasteiger partial charge in [-0.2, -0.15) is 0 Å². The van der Waals surface area contributed by atoms with Crippen LogP contribution in [0.3, 0.4) is 0 Å². The lowest BCUT2D eigenvalue weighted by atomic mass is 10.0. The fourth-order valence-electron chi connectivity index (χ4n) is 3.63. The number of fused-ring (bicyclic) bond motifs is 3. The van der Waals surface area contributed by atoms with Gasteiger partial charge in [-0.1, -0.05) is 6.42 Å². The third-order valence-corrected chi connectivity index (χ3v) is 6.01. The summed E-state index contributed by atoms with van der Waals surface area (Å²) in [5, 5.41) is 10.7. The molecular formula is C19H20F2N2OS. The molecule has 1 unspecified atom stereocenters. The SMILES string of the molecule is OC(CCc1cc(F)cc(F)c1)c1cnc2sc3c(n12)CCCCC3. The van der Waals surface area contributed by atoms with Gasteiger partial charge in [0.2, 0.25) is 0 Å². The average molecular weight is 362 g/mol. The molecule has 1 aromatic carbocycles. The van der Waals surface area contributed by atoms with Crippen LogP contribution in [0.15, 0.2) is 24.4 Å². The summed E-state index contributed by atoms with van der Waals surface area (Å²) >= 11 is 1.71. The van der Waals surface area contributed by atoms with E-state index in [-0.39, 0.29) is 0 Å². The number of halogens is 2. The van der Waals surface area contributed by atoms with Gasteiger partial charge in [0.15, 0.2) is 4.96 Å². The summed E-state index contributed by atoms with van der Waals surface area (Å²) in [7, 11) is 0. The zero-order valence-electron chi connectivity index (χ0n) is 13.8. The van der Waals surface area contributed by atoms with Crippen molar-refractivity contribution in [1.82, 2.24) is 9.38 Å². The van der Waals surface area contributed by atoms with E-state index in [1.807, 2.05) is 0 Å². The predicted octanol–water partition coefficient (Wildman–Crippen LogP) is 4.61. The Morgan fingerprint density at radius 3 is 2.68 bits per heavy atom. The number of aromatic nitrogens is 2. The van der Waals surface area contributed by atoms with Gasteiger partial charge >= 0.3 is 0 Å². The van der Waals surface area contributed by atoms with Gasteiger partial charge in [0, 0.05) is 16.6 Å². The molecule has 0 aliphatic heterocycles. The number of hydrogen-bond donors (Lipinski definition) is 1. The van der Waals surface area contributed by atoms with Crippen LogP contribution in [0.2, 0.25) is 0 Å². The van der Waals surface area contributed by atoms with Crippen LogP contribution in [0.4, 0.5) is 8.78 Å². The van der Waals surface area contributed by atoms with Crippen LogP contribution in [0.5, 0.6) is 0 Å². The molecule has 0 radical (unpaired) electrons. The van der Waals surface area contributed by atoms with Crippen LogP contribution in [-0.2, 0) is 19.3 Å². The van der Waals surface area contributed by atoms with E-state index in [0.29, 0.717) is 18.4 Å². The fourth-order valence-corrected chi connectivity index (χ4v) is 4.82. The van der Waals surface area contributed by atoms with Crippen molar-refractivity contribution in [2.45, 2.75) is 51.0 Å². The normalized spacial score (nSPS) is 16.0. The first-order chi connectivity index (χ1) is 12.1. The topological polar surface area (TPSA) is 37.5 Å². The summed E-state index contributed by atoms with van der Waals surface area (Å²) in [6, 6.07) is 3.50. The molecule has 2 heterocycles. The molecule has 0 fully saturated rings. The molecule has 1 N–H and O–H groups in total. The first-order valence-corrected chi connectivity index (χ1v) is 9.54. The van der Waals surface area contributed by atoms with Gasteiger partial charge in [-0.15, -0.1) is 11.3 Å². The van der Waals surface area contributed by atoms with Crippen molar-refractivity contribution >= 4 is 16.3 Å². The number of aliphatic hydroxyl groups excluding tert-OH is 1. The Balaban J connectivity index is 1.57. The molecule has 1 aliphatic carbocycles. The second kappa shape index (κ2) is 6.84. The number of aliphatic hydroxyl groups is 1. The second-order valence-corrected chi connectivity index (χ2v) is 7.73. The van der Waals surface area contributed by atoms with E-state index in [1.54, 1.807) is 17.5 Å². The average Bonchev–Trinajstić information content (AvgIpc) is 3.03. The molecule has 0 saturated heterocycles. The Labute approximate surface area is 149 Å². The monoisotopic (exact) mass is 362 g/mol. The minimum Gasteiger partial charge on any atom is -0.387 e. The number of rotatable bonds is 4. The molecule has 1 atom stereocenters. The van der Waals surface area contributed by atoms with Gasteiger partial charge in [0.1, 0.15) is 11.6 Å². The van der Waals surface area contributed by atoms with Gasteiger partial charge in [-0.3, -0.25) is 4.40 Å². The van der Waals surface area contributed by atoms with E-state index in [0.717, 1.165) is 36.0 Å². The van der Waals surface area contributed by atoms with Crippen molar-refractivity contribution < 1.29 is 13.9 Å². The fraction of sp³-hybridized carbons (Fsp3) is 0.421. The van der Waals surface area contributed by atoms with Crippen LogP contribution < -0.4 is 0 Å². The van der Waals surface area contributed by atoms with Gasteiger partial charge in [0.05, 0.1) is 18.0 Å². The summed E-state index contributed by atoms with van der Waals surface area (Å²) in [5.41, 5.74) is 2.62. The summed E-state index contributed by atoms with van der Waals surface area (Å²) in [4.78, 5) is 6.76. The standard InChI is InChI=1S/C19H20F2N2OS/c20-13-8-12(9-14(21)10-13)6-7-17(24)16-11-22-19-23(16)15-4-2-1-3-5-18(15)25-19/h8-11,17,24H,1-7H2. The maximum Gasteiger partial charge on any atom is 0.194 e. The molecule has 0 amide bonds. The molecule has 4 rings (SSSR count). The third-order valence-electron chi connectivity index (χ3n) is 4.85. The van der Waals surface area contributed by atoms with E-state index < -0.39 is 17.7 Å². The van der Waals surface area contributed by atoms with Crippen molar-refractivity contribution in [3.05, 3.63) is 57.9 Å². The Kier molecular flexibility index (Phi) is 4.56. The number of thiazole rings is 1. The smallest absolute Gasteiger partial charge is 0.194 e. The first kappa shape index (κ1) is 16.7. The molecule has 1 aliphatic rings. The van der Waals surface area contributed by atoms with E-state index in [9.17, 15) is 13.9 Å². The largest absolute Gasteiger partial charge is 0.387 e. The quantitative estimate of drug-likeness (QED) is 0.688. The predicted molar refractivity (Wildman–Crippen MR) is 94.0 cm³/mol. The summed E-state index contributed by atoms with van der Waals surface area (Å²) in [6.45, 7) is 0. The Bertz CT molecular complexity index is 882. The van der Waals surface area contributed by atoms with Gasteiger partial charge < -0.3 is 5.11 Å². The number of imidazole rings is 1. The molecule has 3 aromatic rings. The molecule has 25 heavy (non-hydrogen) atoms. The van der Waals surface area contributed by atoms with E-state index >= 15 is 0 Å². The van der Waals surface area contributed by atoms with Crippen molar-refractivity contribution in [2.75, 3.05) is 0 Å². The van der Waals surface area contributed by atoms with Crippen molar-refractivity contribution in [2.24, 2.45) is 0 Å². The molecule has 0 spiro atoms. The first-order valence-electron chi connectivity index (χ1n) is 8.73. The zero-order valence-corrected chi connectivity index (χ0v) is 14.7. The number of benzene rings is 1. The van der Waals surface area contributed by atoms with Gasteiger partial charge in [-0.05, 0) is 56.2 Å².